The quantitative estimate of drug-likeness (QED) is 0.609. The Morgan fingerprint density at radius 2 is 1.70 bits per heavy atom. The van der Waals surface area contributed by atoms with Gasteiger partial charge in [-0.15, -0.1) is 0 Å². The van der Waals surface area contributed by atoms with Crippen molar-refractivity contribution in [1.29, 1.82) is 0 Å². The van der Waals surface area contributed by atoms with E-state index in [1.54, 1.807) is 18.2 Å². The normalized spacial score (nSPS) is 10.7. The summed E-state index contributed by atoms with van der Waals surface area (Å²) in [5.74, 6) is -2.13. The second-order valence-electron chi connectivity index (χ2n) is 5.19. The number of rotatable bonds is 5. The zero-order valence-electron chi connectivity index (χ0n) is 12.6. The van der Waals surface area contributed by atoms with Crippen LogP contribution in [0.15, 0.2) is 18.2 Å². The molecular weight excluding hydrogens is 300 g/mol. The highest BCUT2D eigenvalue weighted by Crippen LogP contribution is 2.29. The van der Waals surface area contributed by atoms with E-state index in [9.17, 15) is 19.2 Å². The third kappa shape index (κ3) is 3.05. The number of aromatic nitrogens is 1. The summed E-state index contributed by atoms with van der Waals surface area (Å²) in [7, 11) is 0. The summed E-state index contributed by atoms with van der Waals surface area (Å²) in [5.41, 5.74) is 11.4. The van der Waals surface area contributed by atoms with Gasteiger partial charge in [-0.1, -0.05) is 12.1 Å². The number of nitrogens with two attached hydrogens (primary N) is 2. The molecular formula is C15H16N4O4. The number of H-pyrrole nitrogens is 1. The standard InChI is InChI=1S/C15H16N4O4/c1-6(20)11(7(2)21)8-3-4-9-10(5-8)18-14(19-15(17)23)12(9)13(16)22/h3-5,11,18H,1-2H3,(H2,16,22)(H3,17,19,23). The van der Waals surface area contributed by atoms with Crippen molar-refractivity contribution in [3.05, 3.63) is 29.3 Å². The molecule has 120 valence electrons. The Kier molecular flexibility index (Phi) is 4.17. The fourth-order valence-electron chi connectivity index (χ4n) is 2.62. The van der Waals surface area contributed by atoms with Gasteiger partial charge in [-0.05, 0) is 25.5 Å². The van der Waals surface area contributed by atoms with Crippen molar-refractivity contribution in [2.45, 2.75) is 19.8 Å². The molecule has 0 aliphatic rings. The van der Waals surface area contributed by atoms with Gasteiger partial charge in [0.15, 0.2) is 0 Å². The lowest BCUT2D eigenvalue weighted by molar-refractivity contribution is -0.126. The number of fused-ring (bicyclic) bond motifs is 1. The van der Waals surface area contributed by atoms with Crippen LogP contribution in [0.4, 0.5) is 10.6 Å². The summed E-state index contributed by atoms with van der Waals surface area (Å²) in [6.07, 6.45) is 0. The topological polar surface area (TPSA) is 148 Å². The average molecular weight is 316 g/mol. The van der Waals surface area contributed by atoms with Crippen molar-refractivity contribution in [2.24, 2.45) is 11.5 Å². The highest BCUT2D eigenvalue weighted by molar-refractivity contribution is 6.13. The summed E-state index contributed by atoms with van der Waals surface area (Å²) in [6.45, 7) is 2.67. The van der Waals surface area contributed by atoms with Crippen LogP contribution in [0.1, 0.15) is 35.7 Å². The van der Waals surface area contributed by atoms with Crippen LogP contribution in [-0.4, -0.2) is 28.5 Å². The number of amides is 3. The molecule has 0 radical (unpaired) electrons. The van der Waals surface area contributed by atoms with E-state index in [-0.39, 0.29) is 22.9 Å². The monoisotopic (exact) mass is 316 g/mol. The molecule has 0 bridgehead atoms. The number of urea groups is 1. The molecule has 2 aromatic rings. The van der Waals surface area contributed by atoms with Crippen molar-refractivity contribution in [1.82, 2.24) is 4.98 Å². The first kappa shape index (κ1) is 16.2. The van der Waals surface area contributed by atoms with Crippen molar-refractivity contribution in [2.75, 3.05) is 5.32 Å². The second kappa shape index (κ2) is 5.91. The molecule has 0 spiro atoms. The van der Waals surface area contributed by atoms with Gasteiger partial charge < -0.3 is 16.5 Å². The zero-order chi connectivity index (χ0) is 17.3. The van der Waals surface area contributed by atoms with Crippen LogP contribution < -0.4 is 16.8 Å². The number of carbonyl (C=O) groups excluding carboxylic acids is 4. The van der Waals surface area contributed by atoms with Gasteiger partial charge in [0.05, 0.1) is 5.56 Å². The van der Waals surface area contributed by atoms with E-state index < -0.39 is 17.9 Å². The van der Waals surface area contributed by atoms with Gasteiger partial charge in [0.2, 0.25) is 0 Å². The highest BCUT2D eigenvalue weighted by atomic mass is 16.2. The van der Waals surface area contributed by atoms with Crippen molar-refractivity contribution in [3.63, 3.8) is 0 Å². The molecule has 1 aromatic heterocycles. The first-order valence-electron chi connectivity index (χ1n) is 6.75. The van der Waals surface area contributed by atoms with Gasteiger partial charge in [-0.2, -0.15) is 0 Å². The third-order valence-electron chi connectivity index (χ3n) is 3.46. The van der Waals surface area contributed by atoms with Crippen molar-refractivity contribution in [3.8, 4) is 0 Å². The predicted molar refractivity (Wildman–Crippen MR) is 84.1 cm³/mol. The maximum Gasteiger partial charge on any atom is 0.317 e. The molecule has 8 nitrogen and oxygen atoms in total. The van der Waals surface area contributed by atoms with Crippen LogP contribution in [0.5, 0.6) is 0 Å². The van der Waals surface area contributed by atoms with Gasteiger partial charge in [0.1, 0.15) is 23.3 Å². The molecule has 3 amide bonds. The summed E-state index contributed by atoms with van der Waals surface area (Å²) in [6, 6.07) is 3.85. The van der Waals surface area contributed by atoms with E-state index in [4.69, 9.17) is 11.5 Å². The largest absolute Gasteiger partial charge is 0.365 e. The molecule has 6 N–H and O–H groups in total. The Labute approximate surface area is 131 Å². The Balaban J connectivity index is 2.65. The number of Topliss-reactive ketones (excluding diaryl/α,β-unsaturated/α-hetero) is 2. The number of nitrogens with one attached hydrogen (secondary N) is 2. The van der Waals surface area contributed by atoms with Gasteiger partial charge in [0.25, 0.3) is 5.91 Å². The number of anilines is 1. The molecule has 0 saturated carbocycles. The van der Waals surface area contributed by atoms with E-state index in [1.165, 1.54) is 13.8 Å². The summed E-state index contributed by atoms with van der Waals surface area (Å²) in [5, 5.41) is 2.74. The van der Waals surface area contributed by atoms with E-state index in [0.717, 1.165) is 0 Å². The summed E-state index contributed by atoms with van der Waals surface area (Å²) < 4.78 is 0. The van der Waals surface area contributed by atoms with E-state index >= 15 is 0 Å². The lowest BCUT2D eigenvalue weighted by Gasteiger charge is -2.10. The fraction of sp³-hybridized carbons (Fsp3) is 0.200. The average Bonchev–Trinajstić information content (AvgIpc) is 2.73. The molecule has 0 saturated heterocycles. The van der Waals surface area contributed by atoms with E-state index in [2.05, 4.69) is 10.3 Å². The van der Waals surface area contributed by atoms with Crippen LogP contribution in [0.2, 0.25) is 0 Å². The number of primary amides is 2. The van der Waals surface area contributed by atoms with Crippen LogP contribution >= 0.6 is 0 Å². The van der Waals surface area contributed by atoms with Crippen molar-refractivity contribution < 1.29 is 19.2 Å². The molecule has 0 atom stereocenters. The van der Waals surface area contributed by atoms with Gasteiger partial charge in [-0.25, -0.2) is 4.79 Å². The summed E-state index contributed by atoms with van der Waals surface area (Å²) in [4.78, 5) is 48.8. The molecule has 2 rings (SSSR count). The SMILES string of the molecule is CC(=O)C(C(C)=O)c1ccc2c(C(N)=O)c(NC(N)=O)[nH]c2c1. The number of hydrogen-bond donors (Lipinski definition) is 4. The first-order chi connectivity index (χ1) is 10.7. The summed E-state index contributed by atoms with van der Waals surface area (Å²) >= 11 is 0. The third-order valence-corrected chi connectivity index (χ3v) is 3.46. The Morgan fingerprint density at radius 3 is 2.17 bits per heavy atom. The lowest BCUT2D eigenvalue weighted by atomic mass is 9.91. The molecule has 0 aliphatic carbocycles. The second-order valence-corrected chi connectivity index (χ2v) is 5.19. The molecule has 0 fully saturated rings. The highest BCUT2D eigenvalue weighted by Gasteiger charge is 2.24. The molecule has 1 heterocycles. The number of ketones is 2. The lowest BCUT2D eigenvalue weighted by Crippen LogP contribution is -2.22. The van der Waals surface area contributed by atoms with Gasteiger partial charge in [0, 0.05) is 10.9 Å². The van der Waals surface area contributed by atoms with E-state index in [1.807, 2.05) is 0 Å². The van der Waals surface area contributed by atoms with Crippen LogP contribution in [0.25, 0.3) is 10.9 Å². The fourth-order valence-corrected chi connectivity index (χ4v) is 2.62. The Hall–Kier alpha value is -3.16. The molecule has 8 heteroatoms. The smallest absolute Gasteiger partial charge is 0.317 e. The molecule has 0 unspecified atom stereocenters. The number of carbonyl (C=O) groups is 4. The number of aromatic amines is 1. The first-order valence-corrected chi connectivity index (χ1v) is 6.75. The van der Waals surface area contributed by atoms with Gasteiger partial charge in [-0.3, -0.25) is 19.7 Å². The molecule has 1 aromatic carbocycles. The minimum atomic E-state index is -0.882. The number of benzene rings is 1. The van der Waals surface area contributed by atoms with Crippen LogP contribution in [-0.2, 0) is 9.59 Å². The van der Waals surface area contributed by atoms with Crippen molar-refractivity contribution >= 4 is 40.2 Å². The maximum absolute atomic E-state index is 11.7. The van der Waals surface area contributed by atoms with E-state index in [0.29, 0.717) is 16.5 Å². The minimum absolute atomic E-state index is 0.0688. The Morgan fingerprint density at radius 1 is 1.09 bits per heavy atom. The Bertz CT molecular complexity index is 823. The van der Waals surface area contributed by atoms with Crippen LogP contribution in [0, 0.1) is 0 Å². The van der Waals surface area contributed by atoms with Crippen LogP contribution in [0.3, 0.4) is 0 Å². The molecule has 23 heavy (non-hydrogen) atoms. The van der Waals surface area contributed by atoms with Gasteiger partial charge >= 0.3 is 6.03 Å². The zero-order valence-corrected chi connectivity index (χ0v) is 12.6. The minimum Gasteiger partial charge on any atom is -0.365 e. The number of hydrogen-bond acceptors (Lipinski definition) is 4. The molecule has 0 aliphatic heterocycles. The maximum atomic E-state index is 11.7. The predicted octanol–water partition coefficient (Wildman–Crippen LogP) is 1.02.